The van der Waals surface area contributed by atoms with Crippen LogP contribution in [0.25, 0.3) is 0 Å². The Morgan fingerprint density at radius 3 is 2.41 bits per heavy atom. The van der Waals surface area contributed by atoms with Crippen molar-refractivity contribution in [2.75, 3.05) is 0 Å². The third kappa shape index (κ3) is 4.34. The Bertz CT molecular complexity index is 876. The molecule has 0 aliphatic carbocycles. The van der Waals surface area contributed by atoms with Gasteiger partial charge in [0.2, 0.25) is 6.20 Å². The fraction of sp³-hybridized carbons (Fsp3) is 0.545. The quantitative estimate of drug-likeness (QED) is 0.699. The van der Waals surface area contributed by atoms with Gasteiger partial charge in [0.05, 0.1) is 12.0 Å². The second-order valence-corrected chi connectivity index (χ2v) is 9.93. The SMILES string of the molecule is CC(C)(C)c1ccc(CC(C)(C)c2cn(CC(C)(C)c3c[nH+]co3)cn2)[nH]1. The first-order valence-corrected chi connectivity index (χ1v) is 9.63. The van der Waals surface area contributed by atoms with Gasteiger partial charge < -0.3 is 14.0 Å². The standard InChI is InChI=1S/C22H32N4O/c1-20(2,3)17-9-8-16(25-17)10-21(4,5)18-12-26(14-24-18)13-22(6,7)19-11-23-15-27-19/h8-9,11-12,14-15,25H,10,13H2,1-7H3/p+1. The van der Waals surface area contributed by atoms with Crippen molar-refractivity contribution in [3.63, 3.8) is 0 Å². The number of H-pyrrole nitrogens is 2. The van der Waals surface area contributed by atoms with Crippen molar-refractivity contribution in [2.45, 2.75) is 77.7 Å². The molecule has 0 saturated carbocycles. The smallest absolute Gasteiger partial charge is 0.332 e. The average Bonchev–Trinajstić information content (AvgIpc) is 3.27. The molecule has 0 fully saturated rings. The van der Waals surface area contributed by atoms with Gasteiger partial charge in [0, 0.05) is 40.4 Å². The lowest BCUT2D eigenvalue weighted by Gasteiger charge is -2.23. The summed E-state index contributed by atoms with van der Waals surface area (Å²) in [5, 5.41) is 0. The maximum Gasteiger partial charge on any atom is 0.332 e. The van der Waals surface area contributed by atoms with Crippen LogP contribution >= 0.6 is 0 Å². The predicted molar refractivity (Wildman–Crippen MR) is 107 cm³/mol. The minimum Gasteiger partial charge on any atom is -0.408 e. The zero-order valence-electron chi connectivity index (χ0n) is 17.7. The number of hydrogen-bond acceptors (Lipinski definition) is 2. The van der Waals surface area contributed by atoms with E-state index in [-0.39, 0.29) is 16.2 Å². The van der Waals surface area contributed by atoms with Crippen LogP contribution in [0, 0.1) is 0 Å². The maximum atomic E-state index is 5.56. The van der Waals surface area contributed by atoms with Crippen molar-refractivity contribution in [1.29, 1.82) is 0 Å². The molecule has 5 heteroatoms. The number of aromatic nitrogens is 4. The summed E-state index contributed by atoms with van der Waals surface area (Å²) in [6.07, 6.45) is 8.56. The van der Waals surface area contributed by atoms with Crippen LogP contribution in [-0.2, 0) is 29.2 Å². The van der Waals surface area contributed by atoms with Crippen molar-refractivity contribution in [3.8, 4) is 0 Å². The van der Waals surface area contributed by atoms with Crippen molar-refractivity contribution in [1.82, 2.24) is 14.5 Å². The number of aromatic amines is 2. The van der Waals surface area contributed by atoms with E-state index < -0.39 is 0 Å². The number of hydrogen-bond donors (Lipinski definition) is 1. The lowest BCUT2D eigenvalue weighted by atomic mass is 9.85. The summed E-state index contributed by atoms with van der Waals surface area (Å²) >= 11 is 0. The molecular weight excluding hydrogens is 336 g/mol. The first-order chi connectivity index (χ1) is 12.5. The number of imidazole rings is 1. The fourth-order valence-corrected chi connectivity index (χ4v) is 3.47. The summed E-state index contributed by atoms with van der Waals surface area (Å²) in [4.78, 5) is 11.3. The third-order valence-electron chi connectivity index (χ3n) is 5.23. The first kappa shape index (κ1) is 19.5. The van der Waals surface area contributed by atoms with E-state index in [4.69, 9.17) is 9.40 Å². The monoisotopic (exact) mass is 369 g/mol. The third-order valence-corrected chi connectivity index (χ3v) is 5.23. The van der Waals surface area contributed by atoms with Crippen LogP contribution in [0.4, 0.5) is 0 Å². The van der Waals surface area contributed by atoms with Crippen LogP contribution in [0.3, 0.4) is 0 Å². The van der Waals surface area contributed by atoms with E-state index in [1.54, 1.807) is 6.39 Å². The number of nitrogens with zero attached hydrogens (tertiary/aromatic N) is 2. The predicted octanol–water partition coefficient (Wildman–Crippen LogP) is 4.41. The molecule has 146 valence electrons. The van der Waals surface area contributed by atoms with Gasteiger partial charge in [-0.15, -0.1) is 0 Å². The van der Waals surface area contributed by atoms with Gasteiger partial charge in [-0.05, 0) is 18.6 Å². The molecule has 0 saturated heterocycles. The van der Waals surface area contributed by atoms with Crippen molar-refractivity contribution >= 4 is 0 Å². The molecule has 3 heterocycles. The molecule has 0 aliphatic heterocycles. The summed E-state index contributed by atoms with van der Waals surface area (Å²) in [7, 11) is 0. The summed E-state index contributed by atoms with van der Waals surface area (Å²) in [6.45, 7) is 16.4. The van der Waals surface area contributed by atoms with E-state index in [9.17, 15) is 0 Å². The van der Waals surface area contributed by atoms with Gasteiger partial charge in [0.25, 0.3) is 0 Å². The van der Waals surface area contributed by atoms with E-state index in [0.717, 1.165) is 24.4 Å². The second-order valence-electron chi connectivity index (χ2n) is 9.93. The topological polar surface area (TPSA) is 60.9 Å². The molecule has 5 nitrogen and oxygen atoms in total. The van der Waals surface area contributed by atoms with Crippen LogP contribution in [0.15, 0.2) is 41.7 Å². The van der Waals surface area contributed by atoms with E-state index in [1.165, 1.54) is 11.4 Å². The van der Waals surface area contributed by atoms with Gasteiger partial charge in [-0.1, -0.05) is 48.5 Å². The van der Waals surface area contributed by atoms with Crippen molar-refractivity contribution < 1.29 is 9.40 Å². The summed E-state index contributed by atoms with van der Waals surface area (Å²) in [6, 6.07) is 4.41. The van der Waals surface area contributed by atoms with Gasteiger partial charge in [-0.3, -0.25) is 0 Å². The number of nitrogens with one attached hydrogen (secondary N) is 2. The van der Waals surface area contributed by atoms with Crippen molar-refractivity contribution in [3.05, 3.63) is 60.1 Å². The highest BCUT2D eigenvalue weighted by molar-refractivity contribution is 5.23. The lowest BCUT2D eigenvalue weighted by Crippen LogP contribution is -2.24. The van der Waals surface area contributed by atoms with Gasteiger partial charge >= 0.3 is 6.39 Å². The lowest BCUT2D eigenvalue weighted by molar-refractivity contribution is -0.383. The molecule has 0 unspecified atom stereocenters. The molecule has 0 bridgehead atoms. The molecule has 3 aromatic heterocycles. The van der Waals surface area contributed by atoms with E-state index >= 15 is 0 Å². The average molecular weight is 370 g/mol. The largest absolute Gasteiger partial charge is 0.408 e. The molecule has 0 atom stereocenters. The van der Waals surface area contributed by atoms with Gasteiger partial charge in [0.1, 0.15) is 0 Å². The normalized spacial score (nSPS) is 13.3. The second kappa shape index (κ2) is 6.70. The highest BCUT2D eigenvalue weighted by atomic mass is 16.3. The Balaban J connectivity index is 1.73. The molecule has 0 aliphatic rings. The van der Waals surface area contributed by atoms with Gasteiger partial charge in [0.15, 0.2) is 5.76 Å². The van der Waals surface area contributed by atoms with Crippen LogP contribution in [0.5, 0.6) is 0 Å². The fourth-order valence-electron chi connectivity index (χ4n) is 3.47. The molecular formula is C22H33N4O+. The molecule has 0 aromatic carbocycles. The van der Waals surface area contributed by atoms with Gasteiger partial charge in [-0.25, -0.2) is 4.98 Å². The van der Waals surface area contributed by atoms with Crippen LogP contribution in [0.1, 0.15) is 71.3 Å². The molecule has 2 N–H and O–H groups in total. The number of oxazole rings is 1. The van der Waals surface area contributed by atoms with Crippen LogP contribution in [0.2, 0.25) is 0 Å². The maximum absolute atomic E-state index is 5.56. The Morgan fingerprint density at radius 1 is 1.07 bits per heavy atom. The first-order valence-electron chi connectivity index (χ1n) is 9.63. The highest BCUT2D eigenvalue weighted by Gasteiger charge is 2.29. The highest BCUT2D eigenvalue weighted by Crippen LogP contribution is 2.29. The van der Waals surface area contributed by atoms with E-state index in [1.807, 2.05) is 12.5 Å². The van der Waals surface area contributed by atoms with Crippen LogP contribution < -0.4 is 4.98 Å². The molecule has 3 rings (SSSR count). The summed E-state index contributed by atoms with van der Waals surface area (Å²) in [5.74, 6) is 0.943. The molecule has 0 spiro atoms. The Labute approximate surface area is 162 Å². The minimum absolute atomic E-state index is 0.0478. The molecule has 27 heavy (non-hydrogen) atoms. The van der Waals surface area contributed by atoms with Crippen LogP contribution in [-0.4, -0.2) is 14.5 Å². The Kier molecular flexibility index (Phi) is 4.83. The zero-order valence-corrected chi connectivity index (χ0v) is 17.7. The minimum atomic E-state index is -0.108. The Morgan fingerprint density at radius 2 is 1.81 bits per heavy atom. The van der Waals surface area contributed by atoms with E-state index in [2.05, 4.69) is 81.3 Å². The summed E-state index contributed by atoms with van der Waals surface area (Å²) < 4.78 is 7.72. The zero-order chi connectivity index (χ0) is 19.9. The number of rotatable bonds is 6. The molecule has 0 amide bonds. The molecule has 0 radical (unpaired) electrons. The summed E-state index contributed by atoms with van der Waals surface area (Å²) in [5.41, 5.74) is 3.62. The molecule has 3 aromatic rings. The van der Waals surface area contributed by atoms with Gasteiger partial charge in [-0.2, -0.15) is 4.98 Å². The van der Waals surface area contributed by atoms with Crippen molar-refractivity contribution in [2.24, 2.45) is 0 Å². The Hall–Kier alpha value is -2.30. The van der Waals surface area contributed by atoms with E-state index in [0.29, 0.717) is 0 Å².